The van der Waals surface area contributed by atoms with E-state index in [0.717, 1.165) is 41.5 Å². The molecule has 4 rings (SSSR count). The van der Waals surface area contributed by atoms with E-state index in [2.05, 4.69) is 15.2 Å². The number of amides is 1. The Morgan fingerprint density at radius 1 is 1.19 bits per heavy atom. The molecule has 27 heavy (non-hydrogen) atoms. The largest absolute Gasteiger partial charge is 0.371 e. The van der Waals surface area contributed by atoms with Gasteiger partial charge < -0.3 is 10.1 Å². The van der Waals surface area contributed by atoms with Crippen LogP contribution < -0.4 is 5.32 Å². The van der Waals surface area contributed by atoms with Crippen molar-refractivity contribution >= 4 is 17.5 Å². The topological polar surface area (TPSA) is 54.5 Å². The van der Waals surface area contributed by atoms with Gasteiger partial charge in [0.1, 0.15) is 0 Å². The molecular formula is C21H24ClN3O2. The van der Waals surface area contributed by atoms with E-state index in [1.807, 2.05) is 50.2 Å². The second-order valence-electron chi connectivity index (χ2n) is 7.47. The maximum absolute atomic E-state index is 12.6. The summed E-state index contributed by atoms with van der Waals surface area (Å²) >= 11 is 5.98. The molecular weight excluding hydrogens is 362 g/mol. The maximum atomic E-state index is 12.6. The Balaban J connectivity index is 1.38. The second kappa shape index (κ2) is 7.58. The number of morpholine rings is 1. The van der Waals surface area contributed by atoms with Gasteiger partial charge in [0.05, 0.1) is 24.0 Å². The van der Waals surface area contributed by atoms with E-state index < -0.39 is 0 Å². The fourth-order valence-corrected chi connectivity index (χ4v) is 4.17. The van der Waals surface area contributed by atoms with Crippen LogP contribution in [0, 0.1) is 13.8 Å². The smallest absolute Gasteiger partial charge is 0.253 e. The molecule has 2 aliphatic rings. The fourth-order valence-electron chi connectivity index (χ4n) is 4.05. The first kappa shape index (κ1) is 18.4. The van der Waals surface area contributed by atoms with Crippen molar-refractivity contribution in [3.8, 4) is 0 Å². The van der Waals surface area contributed by atoms with Crippen LogP contribution in [-0.4, -0.2) is 47.6 Å². The summed E-state index contributed by atoms with van der Waals surface area (Å²) in [6, 6.07) is 12.1. The number of nitrogens with one attached hydrogen (secondary N) is 1. The minimum atomic E-state index is -0.0417. The summed E-state index contributed by atoms with van der Waals surface area (Å²) in [6.07, 6.45) is 0.966. The molecule has 1 aromatic carbocycles. The molecule has 3 atom stereocenters. The number of carbonyl (C=O) groups is 1. The minimum absolute atomic E-state index is 0.0417. The Kier molecular flexibility index (Phi) is 5.17. The van der Waals surface area contributed by atoms with Crippen LogP contribution in [0.3, 0.4) is 0 Å². The van der Waals surface area contributed by atoms with Crippen molar-refractivity contribution < 1.29 is 9.53 Å². The molecule has 5 nitrogen and oxygen atoms in total. The lowest BCUT2D eigenvalue weighted by Crippen LogP contribution is -2.43. The van der Waals surface area contributed by atoms with E-state index in [1.165, 1.54) is 0 Å². The first-order valence-corrected chi connectivity index (χ1v) is 9.73. The van der Waals surface area contributed by atoms with Crippen molar-refractivity contribution in [2.75, 3.05) is 19.7 Å². The van der Waals surface area contributed by atoms with Gasteiger partial charge in [-0.05, 0) is 50.1 Å². The normalized spacial score (nSPS) is 25.2. The molecule has 0 radical (unpaired) electrons. The molecule has 142 valence electrons. The number of carbonyl (C=O) groups excluding carboxylic acids is 1. The lowest BCUT2D eigenvalue weighted by Gasteiger charge is -2.35. The van der Waals surface area contributed by atoms with Crippen LogP contribution in [0.4, 0.5) is 0 Å². The fraction of sp³-hybridized carbons (Fsp3) is 0.429. The van der Waals surface area contributed by atoms with E-state index in [1.54, 1.807) is 0 Å². The highest BCUT2D eigenvalue weighted by molar-refractivity contribution is 6.30. The Labute approximate surface area is 164 Å². The highest BCUT2D eigenvalue weighted by atomic mass is 35.5. The van der Waals surface area contributed by atoms with Gasteiger partial charge in [-0.15, -0.1) is 0 Å². The number of benzene rings is 1. The van der Waals surface area contributed by atoms with Gasteiger partial charge in [-0.3, -0.25) is 14.7 Å². The molecule has 1 aromatic heterocycles. The van der Waals surface area contributed by atoms with E-state index >= 15 is 0 Å². The standard InChI is InChI=1S/C21H24ClN3O2/c1-13-3-8-19(14(2)23-13)21(26)24-17-9-18-12-27-20(11-25(18)10-17)15-4-6-16(22)7-5-15/h3-8,17-18,20H,9-12H2,1-2H3,(H,24,26)/t17-,18+,20-/m1/s1. The van der Waals surface area contributed by atoms with Crippen LogP contribution in [0.1, 0.15) is 39.8 Å². The lowest BCUT2D eigenvalue weighted by atomic mass is 10.1. The van der Waals surface area contributed by atoms with Gasteiger partial charge in [0.2, 0.25) is 0 Å². The molecule has 0 saturated carbocycles. The average Bonchev–Trinajstić information content (AvgIpc) is 3.03. The number of hydrogen-bond acceptors (Lipinski definition) is 4. The van der Waals surface area contributed by atoms with Crippen molar-refractivity contribution in [2.24, 2.45) is 0 Å². The van der Waals surface area contributed by atoms with Gasteiger partial charge in [-0.25, -0.2) is 0 Å². The van der Waals surface area contributed by atoms with Crippen LogP contribution in [0.5, 0.6) is 0 Å². The molecule has 0 spiro atoms. The predicted octanol–water partition coefficient (Wildman–Crippen LogP) is 3.30. The van der Waals surface area contributed by atoms with E-state index in [-0.39, 0.29) is 18.1 Å². The number of pyridine rings is 1. The van der Waals surface area contributed by atoms with Crippen molar-refractivity contribution in [1.29, 1.82) is 0 Å². The second-order valence-corrected chi connectivity index (χ2v) is 7.91. The minimum Gasteiger partial charge on any atom is -0.371 e. The quantitative estimate of drug-likeness (QED) is 0.880. The van der Waals surface area contributed by atoms with Crippen molar-refractivity contribution in [3.63, 3.8) is 0 Å². The summed E-state index contributed by atoms with van der Waals surface area (Å²) in [5.74, 6) is -0.0417. The van der Waals surface area contributed by atoms with Crippen LogP contribution in [0.2, 0.25) is 5.02 Å². The number of hydrogen-bond donors (Lipinski definition) is 1. The first-order valence-electron chi connectivity index (χ1n) is 9.36. The number of ether oxygens (including phenoxy) is 1. The van der Waals surface area contributed by atoms with E-state index in [4.69, 9.17) is 16.3 Å². The third-order valence-electron chi connectivity index (χ3n) is 5.46. The molecule has 1 N–H and O–H groups in total. The SMILES string of the molecule is Cc1ccc(C(=O)N[C@@H]2C[C@H]3CO[C@@H](c4ccc(Cl)cc4)CN3C2)c(C)n1. The zero-order valence-electron chi connectivity index (χ0n) is 15.6. The van der Waals surface area contributed by atoms with Gasteiger partial charge in [0.15, 0.2) is 0 Å². The highest BCUT2D eigenvalue weighted by Gasteiger charge is 2.38. The molecule has 1 amide bonds. The lowest BCUT2D eigenvalue weighted by molar-refractivity contribution is -0.0502. The van der Waals surface area contributed by atoms with Gasteiger partial charge in [0.25, 0.3) is 5.91 Å². The summed E-state index contributed by atoms with van der Waals surface area (Å²) in [5.41, 5.74) is 3.49. The third-order valence-corrected chi connectivity index (χ3v) is 5.72. The Morgan fingerprint density at radius 3 is 2.70 bits per heavy atom. The van der Waals surface area contributed by atoms with Gasteiger partial charge in [0, 0.05) is 35.9 Å². The van der Waals surface area contributed by atoms with Gasteiger partial charge in [-0.1, -0.05) is 23.7 Å². The van der Waals surface area contributed by atoms with Gasteiger partial charge >= 0.3 is 0 Å². The molecule has 6 heteroatoms. The number of nitrogens with zero attached hydrogens (tertiary/aromatic N) is 2. The zero-order chi connectivity index (χ0) is 19.0. The third kappa shape index (κ3) is 4.00. The maximum Gasteiger partial charge on any atom is 0.253 e. The first-order chi connectivity index (χ1) is 13.0. The molecule has 2 fully saturated rings. The molecule has 2 aliphatic heterocycles. The van der Waals surface area contributed by atoms with Crippen molar-refractivity contribution in [3.05, 3.63) is 63.9 Å². The van der Waals surface area contributed by atoms with Gasteiger partial charge in [-0.2, -0.15) is 0 Å². The summed E-state index contributed by atoms with van der Waals surface area (Å²) in [7, 11) is 0. The van der Waals surface area contributed by atoms with Crippen LogP contribution in [0.25, 0.3) is 0 Å². The summed E-state index contributed by atoms with van der Waals surface area (Å²) < 4.78 is 6.08. The zero-order valence-corrected chi connectivity index (χ0v) is 16.4. The summed E-state index contributed by atoms with van der Waals surface area (Å²) in [5, 5.41) is 3.91. The monoisotopic (exact) mass is 385 g/mol. The van der Waals surface area contributed by atoms with E-state index in [9.17, 15) is 4.79 Å². The predicted molar refractivity (Wildman–Crippen MR) is 105 cm³/mol. The molecule has 0 unspecified atom stereocenters. The molecule has 0 aliphatic carbocycles. The number of aromatic nitrogens is 1. The number of aryl methyl sites for hydroxylation is 2. The molecule has 2 aromatic rings. The molecule has 2 saturated heterocycles. The molecule has 3 heterocycles. The number of fused-ring (bicyclic) bond motifs is 1. The van der Waals surface area contributed by atoms with Crippen LogP contribution >= 0.6 is 11.6 Å². The average molecular weight is 386 g/mol. The summed E-state index contributed by atoms with van der Waals surface area (Å²) in [4.78, 5) is 19.5. The van der Waals surface area contributed by atoms with Crippen LogP contribution in [-0.2, 0) is 4.74 Å². The van der Waals surface area contributed by atoms with Crippen LogP contribution in [0.15, 0.2) is 36.4 Å². The Hall–Kier alpha value is -1.95. The number of rotatable bonds is 3. The Morgan fingerprint density at radius 2 is 1.96 bits per heavy atom. The summed E-state index contributed by atoms with van der Waals surface area (Å²) in [6.45, 7) is 6.18. The Bertz CT molecular complexity index is 840. The van der Waals surface area contributed by atoms with E-state index in [0.29, 0.717) is 18.2 Å². The van der Waals surface area contributed by atoms with Crippen molar-refractivity contribution in [2.45, 2.75) is 38.5 Å². The van der Waals surface area contributed by atoms with Crippen molar-refractivity contribution in [1.82, 2.24) is 15.2 Å². The number of halogens is 1. The highest BCUT2D eigenvalue weighted by Crippen LogP contribution is 2.31. The molecule has 0 bridgehead atoms.